The number of aliphatic hydroxyl groups is 2. The van der Waals surface area contributed by atoms with Gasteiger partial charge in [-0.15, -0.1) is 0 Å². The average molecular weight is 543 g/mol. The Bertz CT molecular complexity index is 1160. The molecule has 2 unspecified atom stereocenters. The van der Waals surface area contributed by atoms with E-state index in [1.54, 1.807) is 44.2 Å². The summed E-state index contributed by atoms with van der Waals surface area (Å²) in [6, 6.07) is 8.63. The maximum absolute atomic E-state index is 13.6. The number of hydrogen-bond acceptors (Lipinski definition) is 11. The number of ether oxygens (including phenoxy) is 2. The van der Waals surface area contributed by atoms with Gasteiger partial charge in [-0.3, -0.25) is 13.9 Å². The largest absolute Gasteiger partial charge is 0.462 e. The van der Waals surface area contributed by atoms with Crippen molar-refractivity contribution in [3.63, 3.8) is 0 Å². The molecule has 0 amide bonds. The Morgan fingerprint density at radius 2 is 2.00 bits per heavy atom. The van der Waals surface area contributed by atoms with E-state index in [4.69, 9.17) is 36.5 Å². The molecule has 6 atom stereocenters. The van der Waals surface area contributed by atoms with E-state index in [-0.39, 0.29) is 22.4 Å². The first-order valence-electron chi connectivity index (χ1n) is 11.2. The van der Waals surface area contributed by atoms with Gasteiger partial charge in [0, 0.05) is 6.20 Å². The van der Waals surface area contributed by atoms with E-state index in [9.17, 15) is 19.6 Å². The number of carbonyl (C=O) groups excluding carboxylic acids is 1. The molecule has 1 aliphatic rings. The van der Waals surface area contributed by atoms with E-state index in [1.807, 2.05) is 0 Å². The van der Waals surface area contributed by atoms with E-state index < -0.39 is 50.4 Å². The number of anilines is 1. The summed E-state index contributed by atoms with van der Waals surface area (Å²) in [6.45, 7) is 5.72. The SMILES string of the molecule is CC(C)OC(=O)[C@H](C)NP(=O)(OC[C@H]1O[C@@H](n2ccc(N)nc2=S)[C@](C)(O)C1O)Oc1ccccc1. The molecule has 0 bridgehead atoms. The second-order valence-electron chi connectivity index (χ2n) is 8.77. The van der Waals surface area contributed by atoms with Gasteiger partial charge < -0.3 is 29.9 Å². The number of nitrogens with zero attached hydrogens (tertiary/aromatic N) is 2. The summed E-state index contributed by atoms with van der Waals surface area (Å²) in [5, 5.41) is 24.3. The molecule has 0 saturated carbocycles. The molecule has 1 saturated heterocycles. The molecular weight excluding hydrogens is 511 g/mol. The molecule has 198 valence electrons. The third-order valence-corrected chi connectivity index (χ3v) is 7.24. The van der Waals surface area contributed by atoms with Crippen LogP contribution in [-0.4, -0.2) is 62.3 Å². The molecule has 5 N–H and O–H groups in total. The van der Waals surface area contributed by atoms with Crippen LogP contribution < -0.4 is 15.3 Å². The fraction of sp³-hybridized carbons (Fsp3) is 0.500. The molecule has 1 aromatic carbocycles. The number of aromatic nitrogens is 2. The topological polar surface area (TPSA) is 167 Å². The molecule has 2 aromatic rings. The quantitative estimate of drug-likeness (QED) is 0.197. The molecule has 1 aliphatic heterocycles. The zero-order valence-corrected chi connectivity index (χ0v) is 22.0. The Hall–Kier alpha value is -2.38. The van der Waals surface area contributed by atoms with Gasteiger partial charge in [0.1, 0.15) is 35.4 Å². The second-order valence-corrected chi connectivity index (χ2v) is 10.8. The van der Waals surface area contributed by atoms with Crippen LogP contribution in [0.15, 0.2) is 42.6 Å². The van der Waals surface area contributed by atoms with Crippen molar-refractivity contribution in [2.75, 3.05) is 12.3 Å². The predicted molar refractivity (Wildman–Crippen MR) is 132 cm³/mol. The molecule has 1 fully saturated rings. The molecule has 2 heterocycles. The molecule has 0 spiro atoms. The molecule has 14 heteroatoms. The van der Waals surface area contributed by atoms with Crippen LogP contribution in [0.4, 0.5) is 5.82 Å². The van der Waals surface area contributed by atoms with Gasteiger partial charge in [0.25, 0.3) is 0 Å². The van der Waals surface area contributed by atoms with Gasteiger partial charge in [-0.2, -0.15) is 5.09 Å². The number of nitrogen functional groups attached to an aromatic ring is 1. The summed E-state index contributed by atoms with van der Waals surface area (Å²) in [7, 11) is -4.20. The van der Waals surface area contributed by atoms with Crippen LogP contribution in [-0.2, 0) is 23.4 Å². The molecule has 0 radical (unpaired) electrons. The number of rotatable bonds is 10. The maximum Gasteiger partial charge on any atom is 0.459 e. The third-order valence-electron chi connectivity index (χ3n) is 5.29. The summed E-state index contributed by atoms with van der Waals surface area (Å²) >= 11 is 5.20. The number of para-hydroxylation sites is 1. The summed E-state index contributed by atoms with van der Waals surface area (Å²) in [5.41, 5.74) is 3.84. The van der Waals surface area contributed by atoms with Crippen molar-refractivity contribution in [1.29, 1.82) is 0 Å². The summed E-state index contributed by atoms with van der Waals surface area (Å²) in [5.74, 6) is -0.254. The van der Waals surface area contributed by atoms with Crippen molar-refractivity contribution in [3.05, 3.63) is 47.4 Å². The fourth-order valence-electron chi connectivity index (χ4n) is 3.49. The number of hydrogen-bond donors (Lipinski definition) is 4. The van der Waals surface area contributed by atoms with Crippen LogP contribution in [0, 0.1) is 4.77 Å². The zero-order chi connectivity index (χ0) is 26.7. The monoisotopic (exact) mass is 542 g/mol. The number of nitrogens with one attached hydrogen (secondary N) is 1. The van der Waals surface area contributed by atoms with Crippen molar-refractivity contribution in [3.8, 4) is 5.75 Å². The van der Waals surface area contributed by atoms with E-state index in [1.165, 1.54) is 30.7 Å². The minimum atomic E-state index is -4.20. The summed E-state index contributed by atoms with van der Waals surface area (Å²) in [4.78, 5) is 16.3. The molecule has 36 heavy (non-hydrogen) atoms. The number of esters is 1. The van der Waals surface area contributed by atoms with Crippen LogP contribution in [0.5, 0.6) is 5.75 Å². The van der Waals surface area contributed by atoms with Gasteiger partial charge in [0.15, 0.2) is 6.23 Å². The first-order valence-corrected chi connectivity index (χ1v) is 13.2. The smallest absolute Gasteiger partial charge is 0.459 e. The number of aliphatic hydroxyl groups excluding tert-OH is 1. The molecule has 1 aromatic heterocycles. The van der Waals surface area contributed by atoms with Crippen LogP contribution in [0.2, 0.25) is 0 Å². The van der Waals surface area contributed by atoms with Gasteiger partial charge in [0.2, 0.25) is 4.77 Å². The maximum atomic E-state index is 13.6. The van der Waals surface area contributed by atoms with Crippen molar-refractivity contribution < 1.29 is 38.1 Å². The van der Waals surface area contributed by atoms with E-state index >= 15 is 0 Å². The Labute approximate surface area is 213 Å². The van der Waals surface area contributed by atoms with Crippen LogP contribution in [0.3, 0.4) is 0 Å². The predicted octanol–water partition coefficient (Wildman–Crippen LogP) is 2.34. The lowest BCUT2D eigenvalue weighted by molar-refractivity contribution is -0.149. The molecular formula is C22H31N4O8PS. The lowest BCUT2D eigenvalue weighted by Gasteiger charge is -2.28. The molecule has 12 nitrogen and oxygen atoms in total. The highest BCUT2D eigenvalue weighted by atomic mass is 32.1. The fourth-order valence-corrected chi connectivity index (χ4v) is 5.25. The minimum absolute atomic E-state index is 0.0336. The third kappa shape index (κ3) is 6.68. The lowest BCUT2D eigenvalue weighted by Crippen LogP contribution is -2.44. The van der Waals surface area contributed by atoms with Crippen LogP contribution >= 0.6 is 20.0 Å². The van der Waals surface area contributed by atoms with E-state index in [0.29, 0.717) is 0 Å². The molecule has 3 rings (SSSR count). The summed E-state index contributed by atoms with van der Waals surface area (Å²) < 4.78 is 37.2. The van der Waals surface area contributed by atoms with Gasteiger partial charge in [-0.25, -0.2) is 9.55 Å². The first kappa shape index (κ1) is 28.2. The first-order chi connectivity index (χ1) is 16.8. The Morgan fingerprint density at radius 3 is 2.61 bits per heavy atom. The normalized spacial score (nSPS) is 26.4. The highest BCUT2D eigenvalue weighted by Gasteiger charge is 2.54. The Morgan fingerprint density at radius 1 is 1.33 bits per heavy atom. The summed E-state index contributed by atoms with van der Waals surface area (Å²) in [6.07, 6.45) is -2.64. The number of nitrogens with two attached hydrogens (primary N) is 1. The van der Waals surface area contributed by atoms with E-state index in [2.05, 4.69) is 10.1 Å². The molecule has 0 aliphatic carbocycles. The lowest BCUT2D eigenvalue weighted by atomic mass is 9.96. The Balaban J connectivity index is 1.79. The van der Waals surface area contributed by atoms with Gasteiger partial charge in [0.05, 0.1) is 12.7 Å². The standard InChI is InChI=1S/C22H31N4O8PS/c1-13(2)32-19(28)14(3)25-35(30,34-15-8-6-5-7-9-15)31-12-16-18(27)22(4,29)20(33-16)26-11-10-17(23)24-21(26)36/h5-11,13-14,16,18,20,27,29H,12H2,1-4H3,(H,25,30)(H2,23,24,36)/t14-,16+,18?,20+,22+,35?/m0/s1. The number of carbonyl (C=O) groups is 1. The van der Waals surface area contributed by atoms with Crippen LogP contribution in [0.1, 0.15) is 33.9 Å². The van der Waals surface area contributed by atoms with Crippen LogP contribution in [0.25, 0.3) is 0 Å². The van der Waals surface area contributed by atoms with Gasteiger partial charge in [-0.05, 0) is 58.1 Å². The van der Waals surface area contributed by atoms with Crippen molar-refractivity contribution >= 4 is 31.8 Å². The number of benzene rings is 1. The Kier molecular flexibility index (Phi) is 8.88. The van der Waals surface area contributed by atoms with Crippen molar-refractivity contribution in [1.82, 2.24) is 14.6 Å². The minimum Gasteiger partial charge on any atom is -0.462 e. The zero-order valence-electron chi connectivity index (χ0n) is 20.3. The van der Waals surface area contributed by atoms with Crippen molar-refractivity contribution in [2.45, 2.75) is 63.9 Å². The average Bonchev–Trinajstić information content (AvgIpc) is 3.01. The highest BCUT2D eigenvalue weighted by Crippen LogP contribution is 2.47. The van der Waals surface area contributed by atoms with Gasteiger partial charge in [-0.1, -0.05) is 18.2 Å². The van der Waals surface area contributed by atoms with E-state index in [0.717, 1.165) is 0 Å². The highest BCUT2D eigenvalue weighted by molar-refractivity contribution is 7.71. The second kappa shape index (κ2) is 11.3. The van der Waals surface area contributed by atoms with Crippen molar-refractivity contribution in [2.24, 2.45) is 0 Å². The van der Waals surface area contributed by atoms with Gasteiger partial charge >= 0.3 is 13.7 Å².